The Morgan fingerprint density at radius 3 is 2.44 bits per heavy atom. The maximum absolute atomic E-state index is 12.4. The van der Waals surface area contributed by atoms with Crippen molar-refractivity contribution < 1.29 is 4.79 Å². The first-order chi connectivity index (χ1) is 13.2. The van der Waals surface area contributed by atoms with Crippen LogP contribution in [0.15, 0.2) is 48.5 Å². The first kappa shape index (κ1) is 18.1. The van der Waals surface area contributed by atoms with Crippen molar-refractivity contribution in [2.24, 2.45) is 0 Å². The second-order valence-corrected chi connectivity index (χ2v) is 7.96. The summed E-state index contributed by atoms with van der Waals surface area (Å²) in [7, 11) is 0. The van der Waals surface area contributed by atoms with Crippen LogP contribution in [-0.2, 0) is 24.3 Å². The third-order valence-electron chi connectivity index (χ3n) is 6.04. The van der Waals surface area contributed by atoms with Gasteiger partial charge in [0.1, 0.15) is 0 Å². The van der Waals surface area contributed by atoms with E-state index < -0.39 is 0 Å². The van der Waals surface area contributed by atoms with Crippen molar-refractivity contribution in [3.05, 3.63) is 65.2 Å². The molecule has 1 amide bonds. The molecular weight excluding hydrogens is 334 g/mol. The zero-order chi connectivity index (χ0) is 18.7. The van der Waals surface area contributed by atoms with Gasteiger partial charge in [-0.2, -0.15) is 0 Å². The summed E-state index contributed by atoms with van der Waals surface area (Å²) in [6, 6.07) is 17.3. The summed E-state index contributed by atoms with van der Waals surface area (Å²) in [5.74, 6) is 0.153. The van der Waals surface area contributed by atoms with Gasteiger partial charge in [-0.15, -0.1) is 0 Å². The summed E-state index contributed by atoms with van der Waals surface area (Å²) in [6.07, 6.45) is 3.62. The van der Waals surface area contributed by atoms with E-state index in [1.165, 1.54) is 22.4 Å². The van der Waals surface area contributed by atoms with E-state index in [0.717, 1.165) is 38.9 Å². The van der Waals surface area contributed by atoms with Crippen LogP contribution in [0.5, 0.6) is 0 Å². The molecule has 2 aliphatic heterocycles. The van der Waals surface area contributed by atoms with Crippen molar-refractivity contribution in [2.45, 2.75) is 51.2 Å². The zero-order valence-corrected chi connectivity index (χ0v) is 16.1. The van der Waals surface area contributed by atoms with E-state index in [2.05, 4.69) is 64.9 Å². The lowest BCUT2D eigenvalue weighted by Gasteiger charge is -2.44. The molecule has 1 saturated heterocycles. The number of fused-ring (bicyclic) bond motifs is 1. The third-order valence-corrected chi connectivity index (χ3v) is 6.04. The van der Waals surface area contributed by atoms with E-state index in [1.807, 2.05) is 6.07 Å². The maximum Gasteiger partial charge on any atom is 0.222 e. The Hall–Kier alpha value is -2.33. The van der Waals surface area contributed by atoms with Crippen LogP contribution in [0.25, 0.3) is 0 Å². The molecule has 0 saturated carbocycles. The molecule has 2 aromatic rings. The van der Waals surface area contributed by atoms with Crippen molar-refractivity contribution in [1.29, 1.82) is 0 Å². The molecule has 0 aromatic heterocycles. The molecule has 0 radical (unpaired) electrons. The topological polar surface area (TPSA) is 44.4 Å². The fraction of sp³-hybridized carbons (Fsp3) is 0.435. The molecule has 2 aromatic carbocycles. The molecule has 1 spiro atoms. The van der Waals surface area contributed by atoms with E-state index >= 15 is 0 Å². The predicted molar refractivity (Wildman–Crippen MR) is 110 cm³/mol. The van der Waals surface area contributed by atoms with E-state index in [-0.39, 0.29) is 11.4 Å². The average Bonchev–Trinajstić information content (AvgIpc) is 2.69. The molecule has 27 heavy (non-hydrogen) atoms. The van der Waals surface area contributed by atoms with Gasteiger partial charge in [-0.1, -0.05) is 49.4 Å². The van der Waals surface area contributed by atoms with Crippen molar-refractivity contribution in [2.75, 3.05) is 18.4 Å². The summed E-state index contributed by atoms with van der Waals surface area (Å²) in [5, 5.41) is 6.84. The van der Waals surface area contributed by atoms with Crippen molar-refractivity contribution in [1.82, 2.24) is 10.2 Å². The lowest BCUT2D eigenvalue weighted by atomic mass is 9.82. The van der Waals surface area contributed by atoms with Crippen molar-refractivity contribution in [3.63, 3.8) is 0 Å². The van der Waals surface area contributed by atoms with E-state index in [1.54, 1.807) is 0 Å². The van der Waals surface area contributed by atoms with Gasteiger partial charge in [0.2, 0.25) is 5.91 Å². The van der Waals surface area contributed by atoms with Gasteiger partial charge in [-0.3, -0.25) is 9.69 Å². The zero-order valence-electron chi connectivity index (χ0n) is 16.1. The van der Waals surface area contributed by atoms with E-state index in [4.69, 9.17) is 0 Å². The van der Waals surface area contributed by atoms with Crippen LogP contribution in [-0.4, -0.2) is 29.4 Å². The van der Waals surface area contributed by atoms with Gasteiger partial charge in [0.25, 0.3) is 0 Å². The van der Waals surface area contributed by atoms with Gasteiger partial charge in [0.15, 0.2) is 0 Å². The molecule has 1 fully saturated rings. The van der Waals surface area contributed by atoms with Gasteiger partial charge in [-0.25, -0.2) is 0 Å². The summed E-state index contributed by atoms with van der Waals surface area (Å²) < 4.78 is 0. The minimum atomic E-state index is -0.136. The van der Waals surface area contributed by atoms with Crippen molar-refractivity contribution >= 4 is 11.6 Å². The molecule has 2 N–H and O–H groups in total. The molecule has 0 bridgehead atoms. The van der Waals surface area contributed by atoms with Crippen LogP contribution < -0.4 is 10.6 Å². The normalized spacial score (nSPS) is 19.5. The molecule has 142 valence electrons. The van der Waals surface area contributed by atoms with Crippen LogP contribution in [0.4, 0.5) is 5.69 Å². The minimum absolute atomic E-state index is 0.136. The Kier molecular flexibility index (Phi) is 5.17. The lowest BCUT2D eigenvalue weighted by Crippen LogP contribution is -2.52. The Morgan fingerprint density at radius 1 is 1.00 bits per heavy atom. The minimum Gasteiger partial charge on any atom is -0.379 e. The Labute approximate surface area is 162 Å². The van der Waals surface area contributed by atoms with E-state index in [0.29, 0.717) is 13.0 Å². The first-order valence-electron chi connectivity index (χ1n) is 10.1. The number of nitrogens with one attached hydrogen (secondary N) is 2. The number of carbonyl (C=O) groups excluding carboxylic acids is 1. The number of para-hydroxylation sites is 1. The second-order valence-electron chi connectivity index (χ2n) is 7.96. The standard InChI is InChI=1S/C23H29N3O/c1-2-18-7-9-19(10-8-18)17-26-13-11-23(12-14-26)15-22(27)24-16-20-5-3-4-6-21(20)25-23/h3-10,25H,2,11-17H2,1H3,(H,24,27). The Balaban J connectivity index is 1.44. The number of piperidine rings is 1. The van der Waals surface area contributed by atoms with Crippen LogP contribution in [0.2, 0.25) is 0 Å². The number of amides is 1. The number of hydrogen-bond acceptors (Lipinski definition) is 3. The van der Waals surface area contributed by atoms with Gasteiger partial charge in [-0.05, 0) is 42.0 Å². The predicted octanol–water partition coefficient (Wildman–Crippen LogP) is 3.72. The van der Waals surface area contributed by atoms with Gasteiger partial charge < -0.3 is 10.6 Å². The monoisotopic (exact) mass is 363 g/mol. The van der Waals surface area contributed by atoms with Crippen LogP contribution in [0.1, 0.15) is 42.9 Å². The molecular formula is C23H29N3O. The molecule has 0 atom stereocenters. The highest BCUT2D eigenvalue weighted by Crippen LogP contribution is 2.33. The van der Waals surface area contributed by atoms with Crippen LogP contribution >= 0.6 is 0 Å². The Bertz CT molecular complexity index is 792. The fourth-order valence-electron chi connectivity index (χ4n) is 4.27. The number of anilines is 1. The Morgan fingerprint density at radius 2 is 1.70 bits per heavy atom. The molecule has 4 rings (SSSR count). The lowest BCUT2D eigenvalue weighted by molar-refractivity contribution is -0.122. The van der Waals surface area contributed by atoms with E-state index in [9.17, 15) is 4.79 Å². The van der Waals surface area contributed by atoms with Gasteiger partial charge in [0.05, 0.1) is 0 Å². The summed E-state index contributed by atoms with van der Waals surface area (Å²) in [5.41, 5.74) is 4.96. The quantitative estimate of drug-likeness (QED) is 0.874. The average molecular weight is 364 g/mol. The SMILES string of the molecule is CCc1ccc(CN2CCC3(CC2)CC(=O)NCc2ccccc2N3)cc1. The van der Waals surface area contributed by atoms with Gasteiger partial charge in [0, 0.05) is 43.8 Å². The first-order valence-corrected chi connectivity index (χ1v) is 10.1. The molecule has 0 aliphatic carbocycles. The molecule has 0 unspecified atom stereocenters. The number of nitrogens with zero attached hydrogens (tertiary/aromatic N) is 1. The number of rotatable bonds is 3. The molecule has 2 aliphatic rings. The summed E-state index contributed by atoms with van der Waals surface area (Å²) in [4.78, 5) is 14.9. The van der Waals surface area contributed by atoms with Crippen LogP contribution in [0, 0.1) is 0 Å². The smallest absolute Gasteiger partial charge is 0.222 e. The van der Waals surface area contributed by atoms with Gasteiger partial charge >= 0.3 is 0 Å². The molecule has 2 heterocycles. The summed E-state index contributed by atoms with van der Waals surface area (Å²) in [6.45, 7) is 5.81. The second kappa shape index (κ2) is 7.73. The number of carbonyl (C=O) groups is 1. The summed E-state index contributed by atoms with van der Waals surface area (Å²) >= 11 is 0. The largest absolute Gasteiger partial charge is 0.379 e. The number of hydrogen-bond donors (Lipinski definition) is 2. The third kappa shape index (κ3) is 4.16. The highest BCUT2D eigenvalue weighted by Gasteiger charge is 2.37. The van der Waals surface area contributed by atoms with Crippen molar-refractivity contribution in [3.8, 4) is 0 Å². The number of likely N-dealkylation sites (tertiary alicyclic amines) is 1. The number of aryl methyl sites for hydroxylation is 1. The fourth-order valence-corrected chi connectivity index (χ4v) is 4.27. The maximum atomic E-state index is 12.4. The number of benzene rings is 2. The van der Waals surface area contributed by atoms with Crippen LogP contribution in [0.3, 0.4) is 0 Å². The molecule has 4 nitrogen and oxygen atoms in total. The highest BCUT2D eigenvalue weighted by molar-refractivity contribution is 5.79. The highest BCUT2D eigenvalue weighted by atomic mass is 16.1. The molecule has 4 heteroatoms.